The number of nitriles is 1. The average molecular weight is 230 g/mol. The van der Waals surface area contributed by atoms with E-state index in [9.17, 15) is 13.2 Å². The lowest BCUT2D eigenvalue weighted by atomic mass is 10.1. The van der Waals surface area contributed by atoms with Gasteiger partial charge in [0, 0.05) is 12.8 Å². The summed E-state index contributed by atoms with van der Waals surface area (Å²) in [6.45, 7) is 0.315. The molecule has 1 saturated carbocycles. The molecule has 1 amide bonds. The van der Waals surface area contributed by atoms with E-state index in [1.807, 2.05) is 6.07 Å². The fourth-order valence-electron chi connectivity index (χ4n) is 1.22. The third-order valence-electron chi connectivity index (χ3n) is 2.38. The van der Waals surface area contributed by atoms with Crippen molar-refractivity contribution in [1.29, 1.82) is 5.26 Å². The first-order valence-corrected chi connectivity index (χ1v) is 6.83. The summed E-state index contributed by atoms with van der Waals surface area (Å²) in [5.74, 6) is -0.203. The van der Waals surface area contributed by atoms with Crippen molar-refractivity contribution in [3.63, 3.8) is 0 Å². The molecule has 5 nitrogen and oxygen atoms in total. The first kappa shape index (κ1) is 12.0. The zero-order valence-electron chi connectivity index (χ0n) is 8.62. The van der Waals surface area contributed by atoms with Crippen LogP contribution in [0.1, 0.15) is 19.3 Å². The van der Waals surface area contributed by atoms with E-state index in [-0.39, 0.29) is 11.7 Å². The monoisotopic (exact) mass is 230 g/mol. The third kappa shape index (κ3) is 3.51. The fourth-order valence-corrected chi connectivity index (χ4v) is 1.89. The maximum absolute atomic E-state index is 11.4. The number of sulfone groups is 1. The summed E-state index contributed by atoms with van der Waals surface area (Å²) < 4.78 is 21.6. The number of carbonyl (C=O) groups is 1. The van der Waals surface area contributed by atoms with E-state index in [1.54, 1.807) is 0 Å². The van der Waals surface area contributed by atoms with E-state index in [0.29, 0.717) is 25.8 Å². The molecule has 1 aliphatic carbocycles. The van der Waals surface area contributed by atoms with E-state index in [2.05, 4.69) is 5.32 Å². The van der Waals surface area contributed by atoms with Crippen molar-refractivity contribution < 1.29 is 13.2 Å². The lowest BCUT2D eigenvalue weighted by Crippen LogP contribution is -2.32. The van der Waals surface area contributed by atoms with Gasteiger partial charge >= 0.3 is 0 Å². The van der Waals surface area contributed by atoms with Gasteiger partial charge in [0.2, 0.25) is 5.91 Å². The molecular formula is C9H14N2O3S. The minimum absolute atomic E-state index is 0.0623. The minimum Gasteiger partial charge on any atom is -0.355 e. The van der Waals surface area contributed by atoms with Gasteiger partial charge in [-0.15, -0.1) is 0 Å². The lowest BCUT2D eigenvalue weighted by molar-refractivity contribution is -0.124. The Morgan fingerprint density at radius 2 is 2.13 bits per heavy atom. The van der Waals surface area contributed by atoms with Crippen molar-refractivity contribution in [2.75, 3.05) is 18.6 Å². The Morgan fingerprint density at radius 3 is 2.53 bits per heavy atom. The summed E-state index contributed by atoms with van der Waals surface area (Å²) in [4.78, 5) is 11.4. The standard InChI is InChI=1S/C9H14N2O3S/c1-15(13,14)6-2-5-11-8(12)9(7-10)3-4-9/h2-6H2,1H3,(H,11,12). The molecule has 0 bridgehead atoms. The van der Waals surface area contributed by atoms with Crippen LogP contribution in [-0.2, 0) is 14.6 Å². The smallest absolute Gasteiger partial charge is 0.240 e. The highest BCUT2D eigenvalue weighted by Crippen LogP contribution is 2.44. The average Bonchev–Trinajstić information content (AvgIpc) is 2.91. The van der Waals surface area contributed by atoms with E-state index in [0.717, 1.165) is 6.26 Å². The maximum Gasteiger partial charge on any atom is 0.240 e. The van der Waals surface area contributed by atoms with Crippen LogP contribution in [0.15, 0.2) is 0 Å². The van der Waals surface area contributed by atoms with E-state index < -0.39 is 15.3 Å². The van der Waals surface area contributed by atoms with Crippen molar-refractivity contribution in [2.24, 2.45) is 5.41 Å². The quantitative estimate of drug-likeness (QED) is 0.665. The maximum atomic E-state index is 11.4. The second-order valence-corrected chi connectivity index (χ2v) is 6.19. The van der Waals surface area contributed by atoms with Crippen LogP contribution in [0.3, 0.4) is 0 Å². The van der Waals surface area contributed by atoms with Crippen LogP contribution in [0.2, 0.25) is 0 Å². The van der Waals surface area contributed by atoms with Gasteiger partial charge in [-0.25, -0.2) is 8.42 Å². The fraction of sp³-hybridized carbons (Fsp3) is 0.778. The first-order valence-electron chi connectivity index (χ1n) is 4.77. The Hall–Kier alpha value is -1.09. The lowest BCUT2D eigenvalue weighted by Gasteiger charge is -2.07. The van der Waals surface area contributed by atoms with Crippen LogP contribution in [-0.4, -0.2) is 32.9 Å². The van der Waals surface area contributed by atoms with Crippen molar-refractivity contribution >= 4 is 15.7 Å². The molecule has 1 N–H and O–H groups in total. The Balaban J connectivity index is 2.22. The summed E-state index contributed by atoms with van der Waals surface area (Å²) in [5.41, 5.74) is -0.814. The van der Waals surface area contributed by atoms with Gasteiger partial charge in [0.15, 0.2) is 0 Å². The van der Waals surface area contributed by atoms with E-state index in [4.69, 9.17) is 5.26 Å². The van der Waals surface area contributed by atoms with Crippen LogP contribution in [0.4, 0.5) is 0 Å². The van der Waals surface area contributed by atoms with E-state index >= 15 is 0 Å². The molecule has 0 spiro atoms. The number of carbonyl (C=O) groups excluding carboxylic acids is 1. The number of rotatable bonds is 5. The summed E-state index contributed by atoms with van der Waals surface area (Å²) in [7, 11) is -2.96. The van der Waals surface area contributed by atoms with Gasteiger partial charge in [0.25, 0.3) is 0 Å². The molecule has 0 atom stereocenters. The minimum atomic E-state index is -2.96. The summed E-state index contributed by atoms with van der Waals surface area (Å²) in [6, 6.07) is 1.98. The highest BCUT2D eigenvalue weighted by atomic mass is 32.2. The molecule has 0 aliphatic heterocycles. The second kappa shape index (κ2) is 4.19. The Bertz CT molecular complexity index is 390. The SMILES string of the molecule is CS(=O)(=O)CCCNC(=O)C1(C#N)CC1. The topological polar surface area (TPSA) is 87.0 Å². The summed E-state index contributed by atoms with van der Waals surface area (Å²) >= 11 is 0. The molecule has 0 aromatic rings. The highest BCUT2D eigenvalue weighted by Gasteiger charge is 2.50. The normalized spacial score (nSPS) is 17.9. The highest BCUT2D eigenvalue weighted by molar-refractivity contribution is 7.90. The first-order chi connectivity index (χ1) is 6.90. The molecule has 1 rings (SSSR count). The second-order valence-electron chi connectivity index (χ2n) is 3.93. The van der Waals surface area contributed by atoms with Gasteiger partial charge in [-0.05, 0) is 19.3 Å². The molecule has 0 aromatic heterocycles. The van der Waals surface area contributed by atoms with Gasteiger partial charge in [-0.2, -0.15) is 5.26 Å². The summed E-state index contributed by atoms with van der Waals surface area (Å²) in [5, 5.41) is 11.3. The molecule has 1 fully saturated rings. The van der Waals surface area contributed by atoms with Gasteiger partial charge in [0.05, 0.1) is 11.8 Å². The summed E-state index contributed by atoms with van der Waals surface area (Å²) in [6.07, 6.45) is 2.78. The predicted octanol–water partition coefficient (Wildman–Crippen LogP) is -0.159. The molecule has 15 heavy (non-hydrogen) atoms. The molecule has 84 valence electrons. The zero-order chi connectivity index (χ0) is 11.5. The van der Waals surface area contributed by atoms with Gasteiger partial charge in [-0.3, -0.25) is 4.79 Å². The molecule has 0 saturated heterocycles. The number of hydrogen-bond donors (Lipinski definition) is 1. The number of nitrogens with zero attached hydrogens (tertiary/aromatic N) is 1. The molecule has 0 radical (unpaired) electrons. The molecule has 0 aromatic carbocycles. The molecule has 1 aliphatic rings. The van der Waals surface area contributed by atoms with Crippen LogP contribution in [0.5, 0.6) is 0 Å². The van der Waals surface area contributed by atoms with Crippen LogP contribution < -0.4 is 5.32 Å². The molecule has 0 heterocycles. The zero-order valence-corrected chi connectivity index (χ0v) is 9.43. The van der Waals surface area contributed by atoms with E-state index in [1.165, 1.54) is 0 Å². The molecule has 0 unspecified atom stereocenters. The van der Waals surface area contributed by atoms with Crippen molar-refractivity contribution in [3.8, 4) is 6.07 Å². The number of nitrogens with one attached hydrogen (secondary N) is 1. The predicted molar refractivity (Wildman–Crippen MR) is 54.6 cm³/mol. The molecule has 6 heteroatoms. The third-order valence-corrected chi connectivity index (χ3v) is 3.41. The molecular weight excluding hydrogens is 216 g/mol. The van der Waals surface area contributed by atoms with Gasteiger partial charge < -0.3 is 5.32 Å². The largest absolute Gasteiger partial charge is 0.355 e. The Kier molecular flexibility index (Phi) is 3.35. The number of hydrogen-bond acceptors (Lipinski definition) is 4. The van der Waals surface area contributed by atoms with Crippen molar-refractivity contribution in [3.05, 3.63) is 0 Å². The Morgan fingerprint density at radius 1 is 1.53 bits per heavy atom. The van der Waals surface area contributed by atoms with Crippen molar-refractivity contribution in [2.45, 2.75) is 19.3 Å². The van der Waals surface area contributed by atoms with Gasteiger partial charge in [0.1, 0.15) is 15.3 Å². The van der Waals surface area contributed by atoms with Gasteiger partial charge in [-0.1, -0.05) is 0 Å². The number of amides is 1. The van der Waals surface area contributed by atoms with Crippen LogP contribution >= 0.6 is 0 Å². The van der Waals surface area contributed by atoms with Crippen LogP contribution in [0.25, 0.3) is 0 Å². The Labute approximate surface area is 89.4 Å². The van der Waals surface area contributed by atoms with Crippen LogP contribution in [0, 0.1) is 16.7 Å². The van der Waals surface area contributed by atoms with Crippen molar-refractivity contribution in [1.82, 2.24) is 5.32 Å².